The monoisotopic (exact) mass is 388 g/mol. The minimum Gasteiger partial charge on any atom is -0.504 e. The Morgan fingerprint density at radius 1 is 1.21 bits per heavy atom. The second-order valence-corrected chi connectivity index (χ2v) is 9.26. The number of phenols is 1. The van der Waals surface area contributed by atoms with Gasteiger partial charge in [-0.05, 0) is 74.1 Å². The van der Waals surface area contributed by atoms with Gasteiger partial charge in [-0.25, -0.2) is 4.79 Å². The van der Waals surface area contributed by atoms with Crippen molar-refractivity contribution in [2.75, 3.05) is 7.11 Å². The number of aliphatic hydroxyl groups is 1. The maximum absolute atomic E-state index is 12.7. The third-order valence-electron chi connectivity index (χ3n) is 6.72. The highest BCUT2D eigenvalue weighted by Crippen LogP contribution is 2.51. The molecule has 0 amide bonds. The number of hydrogen-bond acceptors (Lipinski definition) is 5. The Kier molecular flexibility index (Phi) is 5.50. The molecule has 154 valence electrons. The molecule has 28 heavy (non-hydrogen) atoms. The predicted octanol–water partition coefficient (Wildman–Crippen LogP) is 4.47. The van der Waals surface area contributed by atoms with Crippen molar-refractivity contribution in [2.45, 2.75) is 65.1 Å². The van der Waals surface area contributed by atoms with Crippen molar-refractivity contribution >= 4 is 5.97 Å². The van der Waals surface area contributed by atoms with Crippen LogP contribution in [0, 0.1) is 17.3 Å². The van der Waals surface area contributed by atoms with Crippen LogP contribution in [-0.2, 0) is 4.74 Å². The first kappa shape index (κ1) is 20.7. The first-order valence-electron chi connectivity index (χ1n) is 10.0. The number of esters is 1. The zero-order valence-electron chi connectivity index (χ0n) is 17.5. The standard InChI is InChI=1S/C23H32O5/c1-14-11-16-17(23(4,26)10-6-9-22(16,2)3)13-20(14)28-21(25)15-7-8-19(27-5)18(24)12-15/h7-8,11-12,16-17,20,24,26H,6,9-10,13H2,1-5H3/t16-,17-,20-,23-/m1/s1. The molecule has 0 radical (unpaired) electrons. The van der Waals surface area contributed by atoms with Crippen LogP contribution in [0.2, 0.25) is 0 Å². The summed E-state index contributed by atoms with van der Waals surface area (Å²) in [7, 11) is 1.46. The van der Waals surface area contributed by atoms with Gasteiger partial charge >= 0.3 is 5.97 Å². The molecule has 4 atom stereocenters. The number of allylic oxidation sites excluding steroid dienone is 1. The summed E-state index contributed by atoms with van der Waals surface area (Å²) in [5.41, 5.74) is 0.626. The third kappa shape index (κ3) is 3.90. The van der Waals surface area contributed by atoms with E-state index in [1.807, 2.05) is 13.8 Å². The van der Waals surface area contributed by atoms with Crippen molar-refractivity contribution in [2.24, 2.45) is 17.3 Å². The molecule has 5 heteroatoms. The van der Waals surface area contributed by atoms with E-state index in [1.54, 1.807) is 12.1 Å². The topological polar surface area (TPSA) is 76.0 Å². The molecule has 1 saturated carbocycles. The third-order valence-corrected chi connectivity index (χ3v) is 6.72. The van der Waals surface area contributed by atoms with E-state index >= 15 is 0 Å². The molecular formula is C23H32O5. The van der Waals surface area contributed by atoms with Crippen molar-refractivity contribution in [1.29, 1.82) is 0 Å². The highest BCUT2D eigenvalue weighted by atomic mass is 16.5. The van der Waals surface area contributed by atoms with Crippen LogP contribution in [0.5, 0.6) is 11.5 Å². The molecule has 0 unspecified atom stereocenters. The first-order valence-corrected chi connectivity index (χ1v) is 10.0. The van der Waals surface area contributed by atoms with Crippen LogP contribution in [0.15, 0.2) is 29.8 Å². The lowest BCUT2D eigenvalue weighted by molar-refractivity contribution is -0.0579. The van der Waals surface area contributed by atoms with E-state index in [1.165, 1.54) is 13.2 Å². The van der Waals surface area contributed by atoms with Gasteiger partial charge in [-0.15, -0.1) is 0 Å². The average molecular weight is 389 g/mol. The minimum atomic E-state index is -0.779. The Bertz CT molecular complexity index is 777. The first-order chi connectivity index (χ1) is 13.0. The van der Waals surface area contributed by atoms with Crippen LogP contribution in [0.3, 0.4) is 0 Å². The van der Waals surface area contributed by atoms with Gasteiger partial charge in [-0.2, -0.15) is 0 Å². The molecule has 0 bridgehead atoms. The van der Waals surface area contributed by atoms with E-state index in [0.29, 0.717) is 12.2 Å². The summed E-state index contributed by atoms with van der Waals surface area (Å²) < 4.78 is 10.8. The zero-order valence-corrected chi connectivity index (χ0v) is 17.5. The molecule has 1 aromatic carbocycles. The maximum Gasteiger partial charge on any atom is 0.338 e. The highest BCUT2D eigenvalue weighted by Gasteiger charge is 2.49. The fourth-order valence-corrected chi connectivity index (χ4v) is 4.89. The number of aromatic hydroxyl groups is 1. The number of hydrogen-bond donors (Lipinski definition) is 2. The number of phenolic OH excluding ortho intramolecular Hbond substituents is 1. The van der Waals surface area contributed by atoms with Gasteiger partial charge in [0.2, 0.25) is 0 Å². The van der Waals surface area contributed by atoms with Crippen molar-refractivity contribution < 1.29 is 24.5 Å². The Morgan fingerprint density at radius 2 is 1.93 bits per heavy atom. The molecular weight excluding hydrogens is 356 g/mol. The molecule has 0 aliphatic heterocycles. The van der Waals surface area contributed by atoms with Gasteiger partial charge in [0, 0.05) is 0 Å². The Balaban J connectivity index is 1.84. The molecule has 0 saturated heterocycles. The lowest BCUT2D eigenvalue weighted by Gasteiger charge is -2.45. The molecule has 0 aromatic heterocycles. The normalized spacial score (nSPS) is 31.9. The molecule has 1 fully saturated rings. The molecule has 3 rings (SSSR count). The summed E-state index contributed by atoms with van der Waals surface area (Å²) in [6.07, 6.45) is 5.27. The number of rotatable bonds is 3. The SMILES string of the molecule is COc1ccc(C(=O)O[C@@H]2C[C@@H]3[C@@H](C=C2C)C(C)(C)CCC[C@@]3(C)O)cc1O. The van der Waals surface area contributed by atoms with Crippen molar-refractivity contribution in [3.05, 3.63) is 35.4 Å². The van der Waals surface area contributed by atoms with E-state index in [0.717, 1.165) is 24.8 Å². The summed E-state index contributed by atoms with van der Waals surface area (Å²) in [6, 6.07) is 4.48. The van der Waals surface area contributed by atoms with Crippen LogP contribution in [0.25, 0.3) is 0 Å². The fraction of sp³-hybridized carbons (Fsp3) is 0.609. The van der Waals surface area contributed by atoms with Gasteiger partial charge < -0.3 is 19.7 Å². The molecule has 2 aliphatic rings. The van der Waals surface area contributed by atoms with Crippen LogP contribution >= 0.6 is 0 Å². The molecule has 2 aliphatic carbocycles. The van der Waals surface area contributed by atoms with Gasteiger partial charge in [0.1, 0.15) is 6.10 Å². The predicted molar refractivity (Wildman–Crippen MR) is 107 cm³/mol. The summed E-state index contributed by atoms with van der Waals surface area (Å²) >= 11 is 0. The summed E-state index contributed by atoms with van der Waals surface area (Å²) in [5.74, 6) is 0.0219. The number of carbonyl (C=O) groups is 1. The van der Waals surface area contributed by atoms with Crippen molar-refractivity contribution in [1.82, 2.24) is 0 Å². The summed E-state index contributed by atoms with van der Waals surface area (Å²) in [5, 5.41) is 21.0. The Hall–Kier alpha value is -2.01. The van der Waals surface area contributed by atoms with Crippen LogP contribution in [-0.4, -0.2) is 35.0 Å². The van der Waals surface area contributed by atoms with Crippen molar-refractivity contribution in [3.63, 3.8) is 0 Å². The van der Waals surface area contributed by atoms with E-state index < -0.39 is 11.6 Å². The molecule has 2 N–H and O–H groups in total. The summed E-state index contributed by atoms with van der Waals surface area (Å²) in [4.78, 5) is 12.7. The Morgan fingerprint density at radius 3 is 2.57 bits per heavy atom. The highest BCUT2D eigenvalue weighted by molar-refractivity contribution is 5.90. The number of fused-ring (bicyclic) bond motifs is 1. The zero-order chi connectivity index (χ0) is 20.7. The van der Waals surface area contributed by atoms with Gasteiger partial charge in [0.05, 0.1) is 18.3 Å². The van der Waals surface area contributed by atoms with E-state index in [9.17, 15) is 15.0 Å². The maximum atomic E-state index is 12.7. The van der Waals surface area contributed by atoms with Crippen LogP contribution in [0.4, 0.5) is 0 Å². The number of methoxy groups -OCH3 is 1. The number of carbonyl (C=O) groups excluding carboxylic acids is 1. The van der Waals surface area contributed by atoms with Gasteiger partial charge in [-0.3, -0.25) is 0 Å². The van der Waals surface area contributed by atoms with Crippen LogP contribution < -0.4 is 4.74 Å². The fourth-order valence-electron chi connectivity index (χ4n) is 4.89. The van der Waals surface area contributed by atoms with Gasteiger partial charge in [0.15, 0.2) is 11.5 Å². The van der Waals surface area contributed by atoms with Crippen LogP contribution in [0.1, 0.15) is 63.7 Å². The van der Waals surface area contributed by atoms with Gasteiger partial charge in [-0.1, -0.05) is 26.3 Å². The largest absolute Gasteiger partial charge is 0.504 e. The number of benzene rings is 1. The lowest BCUT2D eigenvalue weighted by Crippen LogP contribution is -2.46. The van der Waals surface area contributed by atoms with E-state index in [-0.39, 0.29) is 34.7 Å². The average Bonchev–Trinajstić information content (AvgIpc) is 2.69. The summed E-state index contributed by atoms with van der Waals surface area (Å²) in [6.45, 7) is 8.45. The minimum absolute atomic E-state index is 0.0378. The number of ether oxygens (including phenoxy) is 2. The van der Waals surface area contributed by atoms with Crippen molar-refractivity contribution in [3.8, 4) is 11.5 Å². The molecule has 5 nitrogen and oxygen atoms in total. The Labute approximate surface area is 167 Å². The second-order valence-electron chi connectivity index (χ2n) is 9.26. The molecule has 1 aromatic rings. The molecule has 0 spiro atoms. The quantitative estimate of drug-likeness (QED) is 0.590. The smallest absolute Gasteiger partial charge is 0.338 e. The second kappa shape index (κ2) is 7.43. The van der Waals surface area contributed by atoms with E-state index in [4.69, 9.17) is 9.47 Å². The van der Waals surface area contributed by atoms with Gasteiger partial charge in [0.25, 0.3) is 0 Å². The van der Waals surface area contributed by atoms with E-state index in [2.05, 4.69) is 19.9 Å². The molecule has 0 heterocycles. The lowest BCUT2D eigenvalue weighted by atomic mass is 9.62.